The van der Waals surface area contributed by atoms with Crippen LogP contribution < -0.4 is 4.72 Å². The molecule has 1 unspecified atom stereocenters. The van der Waals surface area contributed by atoms with Crippen LogP contribution in [0.4, 0.5) is 5.95 Å². The van der Waals surface area contributed by atoms with Crippen molar-refractivity contribution in [2.75, 3.05) is 37.9 Å². The maximum Gasteiger partial charge on any atom is 0.264 e. The number of likely N-dealkylation sites (N-methyl/N-ethyl adjacent to an activating group) is 1. The van der Waals surface area contributed by atoms with Gasteiger partial charge in [-0.25, -0.2) is 23.1 Å². The number of aromatic nitrogens is 3. The fraction of sp³-hybridized carbons (Fsp3) is 0.394. The number of rotatable bonds is 6. The molecule has 3 heterocycles. The summed E-state index contributed by atoms with van der Waals surface area (Å²) in [5.74, 6) is 0.0861. The molecule has 1 fully saturated rings. The number of nitrogens with one attached hydrogen (secondary N) is 1. The van der Waals surface area contributed by atoms with Gasteiger partial charge in [-0.05, 0) is 119 Å². The molecule has 42 heavy (non-hydrogen) atoms. The molecule has 6 rings (SSSR count). The largest absolute Gasteiger partial charge is 0.313 e. The molecule has 1 atom stereocenters. The lowest BCUT2D eigenvalue weighted by molar-refractivity contribution is 0.103. The Morgan fingerprint density at radius 2 is 1.52 bits per heavy atom. The van der Waals surface area contributed by atoms with E-state index in [0.717, 1.165) is 56.8 Å². The summed E-state index contributed by atoms with van der Waals surface area (Å²) in [6.45, 7) is 12.4. The van der Waals surface area contributed by atoms with E-state index in [-0.39, 0.29) is 10.8 Å². The predicted molar refractivity (Wildman–Crippen MR) is 168 cm³/mol. The van der Waals surface area contributed by atoms with Gasteiger partial charge in [0.05, 0.1) is 10.6 Å². The lowest BCUT2D eigenvalue weighted by Crippen LogP contribution is -2.50. The van der Waals surface area contributed by atoms with E-state index in [0.29, 0.717) is 17.4 Å². The van der Waals surface area contributed by atoms with Crippen LogP contribution in [0.1, 0.15) is 40.2 Å². The molecule has 0 spiro atoms. The number of anilines is 1. The van der Waals surface area contributed by atoms with Crippen LogP contribution >= 0.6 is 0 Å². The molecule has 0 saturated carbocycles. The quantitative estimate of drug-likeness (QED) is 0.341. The SMILES string of the molecule is Cc1cc(C)nc(NS(=O)(=O)c2ccc(-n3c(-c4ccc(C)c(C)c4)cc4c3CCC(N3CCN(C)CC3)C4)cc2)n1. The summed E-state index contributed by atoms with van der Waals surface area (Å²) in [5.41, 5.74) is 9.96. The van der Waals surface area contributed by atoms with Crippen molar-refractivity contribution in [3.63, 3.8) is 0 Å². The normalized spacial score (nSPS) is 18.2. The predicted octanol–water partition coefficient (Wildman–Crippen LogP) is 5.07. The molecule has 4 aromatic rings. The van der Waals surface area contributed by atoms with Crippen molar-refractivity contribution in [1.82, 2.24) is 24.3 Å². The Bertz CT molecular complexity index is 1700. The minimum Gasteiger partial charge on any atom is -0.313 e. The monoisotopic (exact) mass is 584 g/mol. The molecule has 2 aromatic heterocycles. The molecule has 1 aliphatic carbocycles. The molecule has 1 N–H and O–H groups in total. The van der Waals surface area contributed by atoms with Crippen LogP contribution in [0, 0.1) is 27.7 Å². The second-order valence-electron chi connectivity index (χ2n) is 11.9. The first-order chi connectivity index (χ1) is 20.1. The molecule has 220 valence electrons. The molecule has 0 bridgehead atoms. The van der Waals surface area contributed by atoms with Gasteiger partial charge < -0.3 is 9.47 Å². The summed E-state index contributed by atoms with van der Waals surface area (Å²) in [6, 6.07) is 18.5. The van der Waals surface area contributed by atoms with E-state index in [1.54, 1.807) is 12.1 Å². The molecule has 2 aliphatic rings. The highest BCUT2D eigenvalue weighted by atomic mass is 32.2. The molecular formula is C33H40N6O2S. The molecule has 0 amide bonds. The molecule has 9 heteroatoms. The van der Waals surface area contributed by atoms with Gasteiger partial charge in [-0.1, -0.05) is 12.1 Å². The van der Waals surface area contributed by atoms with Gasteiger partial charge in [0.25, 0.3) is 10.0 Å². The van der Waals surface area contributed by atoms with Crippen LogP contribution in [0.2, 0.25) is 0 Å². The van der Waals surface area contributed by atoms with Crippen molar-refractivity contribution in [1.29, 1.82) is 0 Å². The average molecular weight is 585 g/mol. The molecule has 1 saturated heterocycles. The Morgan fingerprint density at radius 1 is 0.833 bits per heavy atom. The number of hydrogen-bond donors (Lipinski definition) is 1. The van der Waals surface area contributed by atoms with Crippen molar-refractivity contribution in [3.8, 4) is 16.9 Å². The number of aryl methyl sites for hydroxylation is 4. The van der Waals surface area contributed by atoms with Crippen molar-refractivity contribution < 1.29 is 8.42 Å². The molecular weight excluding hydrogens is 544 g/mol. The zero-order valence-electron chi connectivity index (χ0n) is 25.2. The first-order valence-corrected chi connectivity index (χ1v) is 16.2. The van der Waals surface area contributed by atoms with Crippen molar-refractivity contribution >= 4 is 16.0 Å². The van der Waals surface area contributed by atoms with Crippen LogP contribution in [0.3, 0.4) is 0 Å². The minimum atomic E-state index is -3.84. The summed E-state index contributed by atoms with van der Waals surface area (Å²) in [5, 5.41) is 0. The lowest BCUT2D eigenvalue weighted by atomic mass is 9.91. The summed E-state index contributed by atoms with van der Waals surface area (Å²) in [6.07, 6.45) is 3.15. The van der Waals surface area contributed by atoms with E-state index in [9.17, 15) is 8.42 Å². The standard InChI is InChI=1S/C33H40N6O2S/c1-22-6-7-26(18-23(22)2)32-21-27-20-29(38-16-14-37(5)15-17-38)10-13-31(27)39(32)28-8-11-30(12-9-28)42(40,41)36-33-34-24(3)19-25(4)35-33/h6-9,11-12,18-19,21,29H,10,13-17,20H2,1-5H3,(H,34,35,36). The zero-order chi connectivity index (χ0) is 29.6. The van der Waals surface area contributed by atoms with Gasteiger partial charge in [-0.2, -0.15) is 0 Å². The number of nitrogens with zero attached hydrogens (tertiary/aromatic N) is 5. The van der Waals surface area contributed by atoms with E-state index in [1.165, 1.54) is 27.9 Å². The third-order valence-electron chi connectivity index (χ3n) is 8.83. The number of fused-ring (bicyclic) bond motifs is 1. The zero-order valence-corrected chi connectivity index (χ0v) is 26.0. The number of hydrogen-bond acceptors (Lipinski definition) is 6. The Hall–Kier alpha value is -3.53. The van der Waals surface area contributed by atoms with Crippen molar-refractivity contribution in [2.45, 2.75) is 57.9 Å². The van der Waals surface area contributed by atoms with Gasteiger partial charge in [0, 0.05) is 55.0 Å². The number of piperazine rings is 1. The summed E-state index contributed by atoms with van der Waals surface area (Å²) in [7, 11) is -1.63. The van der Waals surface area contributed by atoms with Gasteiger partial charge in [0.1, 0.15) is 0 Å². The molecule has 1 aliphatic heterocycles. The Labute approximate surface area is 249 Å². The van der Waals surface area contributed by atoms with Gasteiger partial charge in [0.2, 0.25) is 5.95 Å². The van der Waals surface area contributed by atoms with E-state index < -0.39 is 10.0 Å². The van der Waals surface area contributed by atoms with E-state index in [4.69, 9.17) is 0 Å². The topological polar surface area (TPSA) is 83.4 Å². The van der Waals surface area contributed by atoms with Gasteiger partial charge in [-0.3, -0.25) is 4.90 Å². The van der Waals surface area contributed by atoms with Gasteiger partial charge in [-0.15, -0.1) is 0 Å². The fourth-order valence-corrected chi connectivity index (χ4v) is 7.29. The smallest absolute Gasteiger partial charge is 0.264 e. The maximum absolute atomic E-state index is 13.2. The fourth-order valence-electron chi connectivity index (χ4n) is 6.34. The van der Waals surface area contributed by atoms with E-state index in [2.05, 4.69) is 74.2 Å². The second-order valence-corrected chi connectivity index (χ2v) is 13.6. The van der Waals surface area contributed by atoms with Crippen LogP contribution in [-0.2, 0) is 22.9 Å². The van der Waals surface area contributed by atoms with Crippen LogP contribution in [-0.4, -0.2) is 72.0 Å². The highest BCUT2D eigenvalue weighted by Gasteiger charge is 2.30. The Morgan fingerprint density at radius 3 is 2.19 bits per heavy atom. The molecule has 8 nitrogen and oxygen atoms in total. The number of sulfonamides is 1. The molecule has 2 aromatic carbocycles. The van der Waals surface area contributed by atoms with Crippen LogP contribution in [0.15, 0.2) is 59.5 Å². The Kier molecular flexibility index (Phi) is 7.68. The Balaban J connectivity index is 1.35. The second kappa shape index (κ2) is 11.3. The third kappa shape index (κ3) is 5.73. The van der Waals surface area contributed by atoms with Crippen LogP contribution in [0.5, 0.6) is 0 Å². The average Bonchev–Trinajstić information content (AvgIpc) is 3.33. The first-order valence-electron chi connectivity index (χ1n) is 14.8. The van der Waals surface area contributed by atoms with Gasteiger partial charge in [0.15, 0.2) is 0 Å². The number of benzene rings is 2. The highest BCUT2D eigenvalue weighted by molar-refractivity contribution is 7.92. The first kappa shape index (κ1) is 28.6. The summed E-state index contributed by atoms with van der Waals surface area (Å²) < 4.78 is 31.3. The summed E-state index contributed by atoms with van der Waals surface area (Å²) >= 11 is 0. The maximum atomic E-state index is 13.2. The lowest BCUT2D eigenvalue weighted by Gasteiger charge is -2.39. The van der Waals surface area contributed by atoms with Crippen LogP contribution in [0.25, 0.3) is 16.9 Å². The summed E-state index contributed by atoms with van der Waals surface area (Å²) in [4.78, 5) is 13.7. The van der Waals surface area contributed by atoms with Gasteiger partial charge >= 0.3 is 0 Å². The molecule has 0 radical (unpaired) electrons. The van der Waals surface area contributed by atoms with E-state index >= 15 is 0 Å². The third-order valence-corrected chi connectivity index (χ3v) is 10.2. The van der Waals surface area contributed by atoms with Crippen molar-refractivity contribution in [3.05, 3.63) is 88.4 Å². The highest BCUT2D eigenvalue weighted by Crippen LogP contribution is 2.36. The van der Waals surface area contributed by atoms with Crippen molar-refractivity contribution in [2.24, 2.45) is 0 Å². The van der Waals surface area contributed by atoms with E-state index in [1.807, 2.05) is 32.0 Å². The minimum absolute atomic E-state index is 0.0861.